The lowest BCUT2D eigenvalue weighted by molar-refractivity contribution is -0.147. The van der Waals surface area contributed by atoms with Gasteiger partial charge in [0, 0.05) is 23.0 Å². The predicted octanol–water partition coefficient (Wildman–Crippen LogP) is 0.361. The van der Waals surface area contributed by atoms with Gasteiger partial charge in [-0.1, -0.05) is 11.8 Å². The lowest BCUT2D eigenvalue weighted by Crippen LogP contribution is -2.68. The molecule has 0 aliphatic carbocycles. The normalized spacial score (nSPS) is 23.2. The molecule has 1 aromatic heterocycles. The summed E-state index contributed by atoms with van der Waals surface area (Å²) in [6.07, 6.45) is 0. The molecule has 1 fully saturated rings. The van der Waals surface area contributed by atoms with E-state index in [0.29, 0.717) is 33.1 Å². The van der Waals surface area contributed by atoms with Crippen molar-refractivity contribution in [2.75, 3.05) is 18.1 Å². The minimum absolute atomic E-state index is 0.0182. The molecule has 2 atom stereocenters. The van der Waals surface area contributed by atoms with Crippen LogP contribution in [-0.4, -0.2) is 60.7 Å². The molecule has 8 nitrogen and oxygen atoms in total. The SMILES string of the molecule is NCCSCc1nsc(SC2=C(C(=O)O)N3C(=O)[C@@H](N)[C@H]3SC2)n1. The molecule has 2 aliphatic rings. The Hall–Kier alpha value is -0.790. The summed E-state index contributed by atoms with van der Waals surface area (Å²) in [7, 11) is 0. The molecule has 1 saturated heterocycles. The third-order valence-corrected chi connectivity index (χ3v) is 7.67. The average Bonchev–Trinajstić information content (AvgIpc) is 3.01. The zero-order chi connectivity index (χ0) is 17.3. The fourth-order valence-electron chi connectivity index (χ4n) is 2.26. The molecule has 0 aromatic carbocycles. The Morgan fingerprint density at radius 1 is 1.50 bits per heavy atom. The van der Waals surface area contributed by atoms with Crippen LogP contribution in [0.5, 0.6) is 0 Å². The van der Waals surface area contributed by atoms with Gasteiger partial charge in [-0.05, 0) is 11.5 Å². The van der Waals surface area contributed by atoms with Crippen LogP contribution in [0.4, 0.5) is 0 Å². The van der Waals surface area contributed by atoms with Crippen LogP contribution in [-0.2, 0) is 15.3 Å². The summed E-state index contributed by atoms with van der Waals surface area (Å²) in [5.41, 5.74) is 11.2. The molecule has 3 rings (SSSR count). The van der Waals surface area contributed by atoms with Crippen molar-refractivity contribution < 1.29 is 14.7 Å². The van der Waals surface area contributed by atoms with E-state index < -0.39 is 12.0 Å². The van der Waals surface area contributed by atoms with Crippen LogP contribution in [0.1, 0.15) is 5.82 Å². The molecule has 0 unspecified atom stereocenters. The van der Waals surface area contributed by atoms with E-state index in [-0.39, 0.29) is 17.0 Å². The molecule has 2 aliphatic heterocycles. The highest BCUT2D eigenvalue weighted by atomic mass is 32.2. The van der Waals surface area contributed by atoms with E-state index in [9.17, 15) is 14.7 Å². The molecular formula is C12H15N5O3S4. The second kappa shape index (κ2) is 7.62. The largest absolute Gasteiger partial charge is 0.477 e. The Bertz CT molecular complexity index is 694. The number of nitrogens with two attached hydrogens (primary N) is 2. The van der Waals surface area contributed by atoms with Crippen LogP contribution in [0.15, 0.2) is 14.9 Å². The molecule has 130 valence electrons. The summed E-state index contributed by atoms with van der Waals surface area (Å²) in [5, 5.41) is 9.21. The van der Waals surface area contributed by atoms with E-state index in [4.69, 9.17) is 11.5 Å². The van der Waals surface area contributed by atoms with Crippen LogP contribution >= 0.6 is 46.8 Å². The van der Waals surface area contributed by atoms with Gasteiger partial charge in [0.25, 0.3) is 0 Å². The van der Waals surface area contributed by atoms with E-state index in [0.717, 1.165) is 5.75 Å². The van der Waals surface area contributed by atoms with Gasteiger partial charge in [-0.3, -0.25) is 9.69 Å². The van der Waals surface area contributed by atoms with Gasteiger partial charge >= 0.3 is 5.97 Å². The average molecular weight is 406 g/mol. The molecule has 1 amide bonds. The van der Waals surface area contributed by atoms with Crippen molar-refractivity contribution in [1.82, 2.24) is 14.3 Å². The number of carboxylic acids is 1. The number of fused-ring (bicyclic) bond motifs is 1. The summed E-state index contributed by atoms with van der Waals surface area (Å²) in [4.78, 5) is 29.8. The number of rotatable bonds is 7. The number of carboxylic acid groups (broad SMARTS) is 1. The number of aliphatic carboxylic acids is 1. The van der Waals surface area contributed by atoms with Gasteiger partial charge < -0.3 is 16.6 Å². The number of hydrogen-bond donors (Lipinski definition) is 3. The van der Waals surface area contributed by atoms with Crippen molar-refractivity contribution in [3.8, 4) is 0 Å². The van der Waals surface area contributed by atoms with E-state index in [1.165, 1.54) is 40.0 Å². The van der Waals surface area contributed by atoms with E-state index in [1.54, 1.807) is 11.8 Å². The topological polar surface area (TPSA) is 135 Å². The van der Waals surface area contributed by atoms with Gasteiger partial charge in [-0.25, -0.2) is 9.78 Å². The predicted molar refractivity (Wildman–Crippen MR) is 96.7 cm³/mol. The number of hydrogen-bond acceptors (Lipinski definition) is 10. The quantitative estimate of drug-likeness (QED) is 0.431. The number of thioether (sulfide) groups is 3. The summed E-state index contributed by atoms with van der Waals surface area (Å²) in [6, 6.07) is -0.622. The van der Waals surface area contributed by atoms with Crippen LogP contribution in [0, 0.1) is 0 Å². The second-order valence-corrected chi connectivity index (χ2v) is 9.24. The smallest absolute Gasteiger partial charge is 0.353 e. The molecule has 3 heterocycles. The van der Waals surface area contributed by atoms with Crippen molar-refractivity contribution in [2.24, 2.45) is 11.5 Å². The van der Waals surface area contributed by atoms with Gasteiger partial charge in [-0.15, -0.1) is 11.8 Å². The van der Waals surface area contributed by atoms with Crippen molar-refractivity contribution >= 4 is 58.7 Å². The van der Waals surface area contributed by atoms with Crippen LogP contribution in [0.3, 0.4) is 0 Å². The van der Waals surface area contributed by atoms with Crippen molar-refractivity contribution in [3.05, 3.63) is 16.4 Å². The molecule has 12 heteroatoms. The van der Waals surface area contributed by atoms with Crippen molar-refractivity contribution in [3.63, 3.8) is 0 Å². The minimum Gasteiger partial charge on any atom is -0.477 e. The Balaban J connectivity index is 1.75. The maximum atomic E-state index is 11.9. The number of nitrogens with zero attached hydrogens (tertiary/aromatic N) is 3. The van der Waals surface area contributed by atoms with E-state index in [1.807, 2.05) is 0 Å². The first-order valence-electron chi connectivity index (χ1n) is 6.98. The zero-order valence-electron chi connectivity index (χ0n) is 12.4. The molecule has 24 heavy (non-hydrogen) atoms. The number of aromatic nitrogens is 2. The summed E-state index contributed by atoms with van der Waals surface area (Å²) in [6.45, 7) is 0.607. The standard InChI is InChI=1S/C12H15N5O3S4/c13-1-2-21-4-6-15-12(24-16-6)23-5-3-22-10-7(14)9(18)17(10)8(5)11(19)20/h7,10H,1-4,13-14H2,(H,19,20)/t7-,10-/m1/s1. The first-order valence-corrected chi connectivity index (χ1v) is 10.8. The van der Waals surface area contributed by atoms with Crippen LogP contribution < -0.4 is 11.5 Å². The fourth-order valence-corrected chi connectivity index (χ4v) is 6.18. The number of carbonyl (C=O) groups excluding carboxylic acids is 1. The maximum Gasteiger partial charge on any atom is 0.353 e. The minimum atomic E-state index is -1.12. The number of carbonyl (C=O) groups is 2. The summed E-state index contributed by atoms with van der Waals surface area (Å²) in [5.74, 6) is 1.25. The van der Waals surface area contributed by atoms with E-state index >= 15 is 0 Å². The van der Waals surface area contributed by atoms with Crippen LogP contribution in [0.2, 0.25) is 0 Å². The van der Waals surface area contributed by atoms with Gasteiger partial charge in [0.1, 0.15) is 17.1 Å². The Morgan fingerprint density at radius 2 is 2.29 bits per heavy atom. The Morgan fingerprint density at radius 3 is 3.00 bits per heavy atom. The molecule has 1 aromatic rings. The highest BCUT2D eigenvalue weighted by molar-refractivity contribution is 8.07. The van der Waals surface area contributed by atoms with Crippen molar-refractivity contribution in [2.45, 2.75) is 21.5 Å². The molecule has 0 spiro atoms. The zero-order valence-corrected chi connectivity index (χ0v) is 15.6. The van der Waals surface area contributed by atoms with Gasteiger partial charge in [0.15, 0.2) is 10.2 Å². The lowest BCUT2D eigenvalue weighted by atomic mass is 10.1. The summed E-state index contributed by atoms with van der Waals surface area (Å²) < 4.78 is 4.94. The Kier molecular flexibility index (Phi) is 5.72. The first kappa shape index (κ1) is 18.0. The molecule has 0 radical (unpaired) electrons. The third kappa shape index (κ3) is 3.44. The van der Waals surface area contributed by atoms with Gasteiger partial charge in [0.05, 0.1) is 5.75 Å². The first-order chi connectivity index (χ1) is 11.5. The summed E-state index contributed by atoms with van der Waals surface area (Å²) >= 11 is 5.61. The van der Waals surface area contributed by atoms with Crippen molar-refractivity contribution in [1.29, 1.82) is 0 Å². The monoisotopic (exact) mass is 405 g/mol. The molecule has 5 N–H and O–H groups in total. The Labute approximate surface area is 155 Å². The third-order valence-electron chi connectivity index (χ3n) is 3.33. The van der Waals surface area contributed by atoms with Gasteiger partial charge in [0.2, 0.25) is 5.91 Å². The molecule has 0 saturated carbocycles. The molecule has 0 bridgehead atoms. The maximum absolute atomic E-state index is 11.9. The number of β-lactam (4-membered cyclic amide) rings is 1. The second-order valence-electron chi connectivity index (χ2n) is 4.93. The number of amides is 1. The molecular weight excluding hydrogens is 390 g/mol. The highest BCUT2D eigenvalue weighted by Crippen LogP contribution is 2.44. The van der Waals surface area contributed by atoms with E-state index in [2.05, 4.69) is 9.36 Å². The lowest BCUT2D eigenvalue weighted by Gasteiger charge is -2.47. The van der Waals surface area contributed by atoms with Gasteiger partial charge in [-0.2, -0.15) is 16.1 Å². The highest BCUT2D eigenvalue weighted by Gasteiger charge is 2.52. The van der Waals surface area contributed by atoms with Crippen LogP contribution in [0.25, 0.3) is 0 Å². The fraction of sp³-hybridized carbons (Fsp3) is 0.500.